The molecule has 0 bridgehead atoms. The van der Waals surface area contributed by atoms with Crippen molar-refractivity contribution in [2.45, 2.75) is 38.3 Å². The van der Waals surface area contributed by atoms with Crippen LogP contribution in [0.15, 0.2) is 30.3 Å². The fourth-order valence-electron chi connectivity index (χ4n) is 2.54. The number of aliphatic hydroxyl groups is 1. The van der Waals surface area contributed by atoms with E-state index in [1.165, 1.54) is 12.1 Å². The largest absolute Gasteiger partial charge is 0.461 e. The number of carbonyl (C=O) groups excluding carboxylic acids is 1. The van der Waals surface area contributed by atoms with Gasteiger partial charge in [0.05, 0.1) is 19.3 Å². The van der Waals surface area contributed by atoms with Gasteiger partial charge in [-0.1, -0.05) is 12.1 Å². The molecule has 1 aliphatic carbocycles. The lowest BCUT2D eigenvalue weighted by molar-refractivity contribution is 0.0517. The second kappa shape index (κ2) is 6.50. The highest BCUT2D eigenvalue weighted by molar-refractivity contribution is 5.87. The zero-order valence-corrected chi connectivity index (χ0v) is 12.9. The highest BCUT2D eigenvalue weighted by Gasteiger charge is 2.30. The topological polar surface area (TPSA) is 64.3 Å². The molecule has 1 aliphatic rings. The van der Waals surface area contributed by atoms with Gasteiger partial charge in [-0.2, -0.15) is 5.10 Å². The summed E-state index contributed by atoms with van der Waals surface area (Å²) in [7, 11) is 0. The average Bonchev–Trinajstić information content (AvgIpc) is 3.29. The number of hydrogen-bond donors (Lipinski definition) is 1. The molecule has 1 saturated carbocycles. The maximum Gasteiger partial charge on any atom is 0.358 e. The normalized spacial score (nSPS) is 15.4. The number of rotatable bonds is 6. The molecular weight excluding hydrogens is 299 g/mol. The fourth-order valence-corrected chi connectivity index (χ4v) is 2.54. The van der Waals surface area contributed by atoms with Gasteiger partial charge >= 0.3 is 5.97 Å². The fraction of sp³-hybridized carbons (Fsp3) is 0.412. The minimum absolute atomic E-state index is 0.219. The summed E-state index contributed by atoms with van der Waals surface area (Å²) in [5.41, 5.74) is 1.82. The van der Waals surface area contributed by atoms with Crippen molar-refractivity contribution in [1.29, 1.82) is 0 Å². The smallest absolute Gasteiger partial charge is 0.358 e. The monoisotopic (exact) mass is 318 g/mol. The lowest BCUT2D eigenvalue weighted by Crippen LogP contribution is -2.13. The van der Waals surface area contributed by atoms with Crippen LogP contribution in [0.25, 0.3) is 0 Å². The van der Waals surface area contributed by atoms with Crippen molar-refractivity contribution >= 4 is 5.97 Å². The van der Waals surface area contributed by atoms with Crippen molar-refractivity contribution < 1.29 is 19.0 Å². The van der Waals surface area contributed by atoms with E-state index in [0.717, 1.165) is 18.5 Å². The highest BCUT2D eigenvalue weighted by atomic mass is 19.1. The molecule has 1 heterocycles. The molecule has 0 saturated heterocycles. The number of carbonyl (C=O) groups is 1. The molecule has 0 radical (unpaired) electrons. The zero-order chi connectivity index (χ0) is 16.4. The van der Waals surface area contributed by atoms with Crippen molar-refractivity contribution in [2.75, 3.05) is 6.61 Å². The Kier molecular flexibility index (Phi) is 4.43. The molecule has 1 aromatic carbocycles. The third kappa shape index (κ3) is 3.59. The van der Waals surface area contributed by atoms with E-state index < -0.39 is 12.1 Å². The van der Waals surface area contributed by atoms with Gasteiger partial charge in [-0.25, -0.2) is 9.18 Å². The van der Waals surface area contributed by atoms with Crippen LogP contribution in [-0.4, -0.2) is 27.5 Å². The van der Waals surface area contributed by atoms with Gasteiger partial charge < -0.3 is 9.84 Å². The van der Waals surface area contributed by atoms with Gasteiger partial charge in [0.25, 0.3) is 0 Å². The Hall–Kier alpha value is -2.21. The molecule has 1 atom stereocenters. The van der Waals surface area contributed by atoms with Gasteiger partial charge in [0.15, 0.2) is 5.69 Å². The first-order valence-corrected chi connectivity index (χ1v) is 7.77. The minimum Gasteiger partial charge on any atom is -0.461 e. The van der Waals surface area contributed by atoms with E-state index >= 15 is 0 Å². The second-order valence-electron chi connectivity index (χ2n) is 5.70. The lowest BCUT2D eigenvalue weighted by atomic mass is 10.1. The summed E-state index contributed by atoms with van der Waals surface area (Å²) in [4.78, 5) is 11.8. The summed E-state index contributed by atoms with van der Waals surface area (Å²) in [5.74, 6) is -0.418. The van der Waals surface area contributed by atoms with E-state index in [2.05, 4.69) is 5.10 Å². The molecule has 0 spiro atoms. The van der Waals surface area contributed by atoms with Gasteiger partial charge in [0, 0.05) is 11.6 Å². The van der Waals surface area contributed by atoms with Crippen molar-refractivity contribution in [1.82, 2.24) is 9.78 Å². The molecular formula is C17H19FN2O3. The number of esters is 1. The van der Waals surface area contributed by atoms with Crippen molar-refractivity contribution in [2.24, 2.45) is 0 Å². The first kappa shape index (κ1) is 15.7. The van der Waals surface area contributed by atoms with Crippen LogP contribution in [-0.2, 0) is 11.3 Å². The molecule has 6 heteroatoms. The maximum atomic E-state index is 13.0. The van der Waals surface area contributed by atoms with Crippen molar-refractivity contribution in [3.8, 4) is 0 Å². The third-order valence-electron chi connectivity index (χ3n) is 3.89. The molecule has 1 fully saturated rings. The molecule has 23 heavy (non-hydrogen) atoms. The molecule has 1 unspecified atom stereocenters. The number of ether oxygens (including phenoxy) is 1. The number of aliphatic hydroxyl groups excluding tert-OH is 1. The summed E-state index contributed by atoms with van der Waals surface area (Å²) >= 11 is 0. The Morgan fingerprint density at radius 3 is 2.74 bits per heavy atom. The van der Waals surface area contributed by atoms with Crippen LogP contribution in [0.2, 0.25) is 0 Å². The van der Waals surface area contributed by atoms with E-state index in [1.807, 2.05) is 0 Å². The number of halogens is 1. The highest BCUT2D eigenvalue weighted by Crippen LogP contribution is 2.40. The predicted molar refractivity (Wildman–Crippen MR) is 81.5 cm³/mol. The number of hydrogen-bond acceptors (Lipinski definition) is 4. The van der Waals surface area contributed by atoms with Gasteiger partial charge in [0.2, 0.25) is 0 Å². The number of nitrogens with zero attached hydrogens (tertiary/aromatic N) is 2. The summed E-state index contributed by atoms with van der Waals surface area (Å²) in [5, 5.41) is 14.6. The van der Waals surface area contributed by atoms with E-state index in [-0.39, 0.29) is 18.1 Å². The van der Waals surface area contributed by atoms with Crippen LogP contribution in [0.5, 0.6) is 0 Å². The molecule has 1 aromatic heterocycles. The zero-order valence-electron chi connectivity index (χ0n) is 12.9. The van der Waals surface area contributed by atoms with E-state index in [4.69, 9.17) is 4.74 Å². The van der Waals surface area contributed by atoms with Crippen LogP contribution >= 0.6 is 0 Å². The van der Waals surface area contributed by atoms with Crippen LogP contribution in [0.3, 0.4) is 0 Å². The predicted octanol–water partition coefficient (Wildman–Crippen LogP) is 2.81. The first-order valence-electron chi connectivity index (χ1n) is 7.77. The Balaban J connectivity index is 1.80. The SMILES string of the molecule is CCOC(=O)c1cc(C2CC2)n(CC(O)c2ccc(F)cc2)n1. The molecule has 0 aliphatic heterocycles. The van der Waals surface area contributed by atoms with Crippen molar-refractivity contribution in [3.05, 3.63) is 53.1 Å². The molecule has 3 rings (SSSR count). The molecule has 5 nitrogen and oxygen atoms in total. The average molecular weight is 318 g/mol. The maximum absolute atomic E-state index is 13.0. The Morgan fingerprint density at radius 2 is 2.13 bits per heavy atom. The summed E-state index contributed by atoms with van der Waals surface area (Å²) in [6.07, 6.45) is 1.30. The Bertz CT molecular complexity index is 692. The van der Waals surface area contributed by atoms with Crippen LogP contribution in [0.4, 0.5) is 4.39 Å². The van der Waals surface area contributed by atoms with E-state index in [0.29, 0.717) is 18.1 Å². The Labute approximate surface area is 133 Å². The van der Waals surface area contributed by atoms with Crippen molar-refractivity contribution in [3.63, 3.8) is 0 Å². The van der Waals surface area contributed by atoms with Gasteiger partial charge in [-0.15, -0.1) is 0 Å². The number of benzene rings is 1. The Morgan fingerprint density at radius 1 is 1.43 bits per heavy atom. The van der Waals surface area contributed by atoms with Crippen LogP contribution in [0, 0.1) is 5.82 Å². The van der Waals surface area contributed by atoms with Gasteiger partial charge in [0.1, 0.15) is 5.82 Å². The molecule has 2 aromatic rings. The minimum atomic E-state index is -0.817. The molecule has 122 valence electrons. The standard InChI is InChI=1S/C17H19FN2O3/c1-2-23-17(22)14-9-15(11-3-4-11)20(19-14)10-16(21)12-5-7-13(18)8-6-12/h5-9,11,16,21H,2-4,10H2,1H3. The summed E-state index contributed by atoms with van der Waals surface area (Å²) < 4.78 is 19.6. The summed E-state index contributed by atoms with van der Waals surface area (Å²) in [6, 6.07) is 7.47. The second-order valence-corrected chi connectivity index (χ2v) is 5.70. The molecule has 0 amide bonds. The van der Waals surface area contributed by atoms with Gasteiger partial charge in [-0.3, -0.25) is 4.68 Å². The van der Waals surface area contributed by atoms with Crippen LogP contribution < -0.4 is 0 Å². The number of aromatic nitrogens is 2. The van der Waals surface area contributed by atoms with E-state index in [1.54, 1.807) is 29.8 Å². The quantitative estimate of drug-likeness (QED) is 0.832. The third-order valence-corrected chi connectivity index (χ3v) is 3.89. The molecule has 1 N–H and O–H groups in total. The van der Waals surface area contributed by atoms with Crippen LogP contribution in [0.1, 0.15) is 53.5 Å². The summed E-state index contributed by atoms with van der Waals surface area (Å²) in [6.45, 7) is 2.26. The van der Waals surface area contributed by atoms with E-state index in [9.17, 15) is 14.3 Å². The lowest BCUT2D eigenvalue weighted by Gasteiger charge is -2.13. The van der Waals surface area contributed by atoms with Gasteiger partial charge in [-0.05, 0) is 43.5 Å². The first-order chi connectivity index (χ1) is 11.1.